The van der Waals surface area contributed by atoms with Crippen molar-refractivity contribution in [3.05, 3.63) is 54.3 Å². The van der Waals surface area contributed by atoms with E-state index in [9.17, 15) is 9.18 Å². The fourth-order valence-corrected chi connectivity index (χ4v) is 5.48. The van der Waals surface area contributed by atoms with Crippen LogP contribution < -0.4 is 9.80 Å². The highest BCUT2D eigenvalue weighted by molar-refractivity contribution is 7.22. The molecule has 0 N–H and O–H groups in total. The van der Waals surface area contributed by atoms with Crippen molar-refractivity contribution in [1.29, 1.82) is 0 Å². The van der Waals surface area contributed by atoms with Crippen molar-refractivity contribution in [2.24, 2.45) is 5.92 Å². The van der Waals surface area contributed by atoms with E-state index >= 15 is 0 Å². The number of fused-ring (bicyclic) bond motifs is 1. The highest BCUT2D eigenvalue weighted by atomic mass is 32.1. The Labute approximate surface area is 179 Å². The molecule has 30 heavy (non-hydrogen) atoms. The van der Waals surface area contributed by atoms with Crippen LogP contribution >= 0.6 is 11.3 Å². The number of benzene rings is 2. The van der Waals surface area contributed by atoms with Crippen molar-refractivity contribution in [2.75, 3.05) is 49.1 Å². The number of aromatic nitrogens is 1. The van der Waals surface area contributed by atoms with Gasteiger partial charge in [-0.1, -0.05) is 29.5 Å². The van der Waals surface area contributed by atoms with Crippen LogP contribution in [0, 0.1) is 11.7 Å². The minimum absolute atomic E-state index is 0.00535. The third-order valence-electron chi connectivity index (χ3n) is 6.09. The van der Waals surface area contributed by atoms with Gasteiger partial charge in [-0.2, -0.15) is 0 Å². The second kappa shape index (κ2) is 8.22. The maximum absolute atomic E-state index is 13.5. The molecular formula is C23H25FN4OS. The van der Waals surface area contributed by atoms with E-state index in [2.05, 4.69) is 39.0 Å². The fourth-order valence-electron chi connectivity index (χ4n) is 4.46. The number of anilines is 2. The van der Waals surface area contributed by atoms with Gasteiger partial charge >= 0.3 is 0 Å². The Hall–Kier alpha value is -2.67. The van der Waals surface area contributed by atoms with Gasteiger partial charge in [-0.05, 0) is 43.2 Å². The molecular weight excluding hydrogens is 399 g/mol. The minimum Gasteiger partial charge on any atom is -0.368 e. The second-order valence-corrected chi connectivity index (χ2v) is 9.05. The number of amides is 1. The molecule has 2 saturated heterocycles. The molecule has 0 saturated carbocycles. The molecule has 156 valence electrons. The van der Waals surface area contributed by atoms with Gasteiger partial charge in [0.2, 0.25) is 5.91 Å². The molecule has 2 aliphatic rings. The van der Waals surface area contributed by atoms with E-state index in [0.717, 1.165) is 60.9 Å². The molecule has 0 radical (unpaired) electrons. The first kappa shape index (κ1) is 19.3. The SMILES string of the molecule is O=C(C1CCCN(c2nc3ccc(F)cc3s2)C1)N1CCN(c2ccccc2)CC1. The number of carbonyl (C=O) groups excluding carboxylic acids is 1. The Balaban J connectivity index is 1.23. The zero-order valence-corrected chi connectivity index (χ0v) is 17.7. The van der Waals surface area contributed by atoms with Crippen LogP contribution in [0.1, 0.15) is 12.8 Å². The van der Waals surface area contributed by atoms with E-state index < -0.39 is 0 Å². The smallest absolute Gasteiger partial charge is 0.227 e. The number of piperidine rings is 1. The summed E-state index contributed by atoms with van der Waals surface area (Å²) in [6.07, 6.45) is 1.90. The summed E-state index contributed by atoms with van der Waals surface area (Å²) in [5.41, 5.74) is 2.04. The lowest BCUT2D eigenvalue weighted by Crippen LogP contribution is -2.52. The van der Waals surface area contributed by atoms with Crippen LogP contribution in [0.5, 0.6) is 0 Å². The topological polar surface area (TPSA) is 39.7 Å². The number of nitrogens with zero attached hydrogens (tertiary/aromatic N) is 4. The van der Waals surface area contributed by atoms with Gasteiger partial charge in [0.15, 0.2) is 5.13 Å². The number of hydrogen-bond acceptors (Lipinski definition) is 5. The summed E-state index contributed by atoms with van der Waals surface area (Å²) in [5.74, 6) is 0.0318. The van der Waals surface area contributed by atoms with Crippen molar-refractivity contribution >= 4 is 38.3 Å². The lowest BCUT2D eigenvalue weighted by Gasteiger charge is -2.39. The summed E-state index contributed by atoms with van der Waals surface area (Å²) < 4.78 is 14.4. The number of rotatable bonds is 3. The summed E-state index contributed by atoms with van der Waals surface area (Å²) in [6, 6.07) is 15.1. The first-order chi connectivity index (χ1) is 14.7. The van der Waals surface area contributed by atoms with Gasteiger partial charge in [-0.3, -0.25) is 4.79 Å². The number of thiazole rings is 1. The summed E-state index contributed by atoms with van der Waals surface area (Å²) in [6.45, 7) is 4.87. The van der Waals surface area contributed by atoms with Crippen LogP contribution in [0.15, 0.2) is 48.5 Å². The first-order valence-corrected chi connectivity index (χ1v) is 11.4. The highest BCUT2D eigenvalue weighted by Gasteiger charge is 2.32. The van der Waals surface area contributed by atoms with Gasteiger partial charge in [0.1, 0.15) is 5.82 Å². The Bertz CT molecular complexity index is 1030. The minimum atomic E-state index is -0.237. The number of hydrogen-bond donors (Lipinski definition) is 0. The normalized spacial score (nSPS) is 20.0. The van der Waals surface area contributed by atoms with Crippen LogP contribution in [-0.4, -0.2) is 55.1 Å². The van der Waals surface area contributed by atoms with Gasteiger partial charge in [-0.25, -0.2) is 9.37 Å². The van der Waals surface area contributed by atoms with Crippen molar-refractivity contribution in [3.8, 4) is 0 Å². The third kappa shape index (κ3) is 3.86. The predicted octanol–water partition coefficient (Wildman–Crippen LogP) is 4.00. The lowest BCUT2D eigenvalue weighted by molar-refractivity contribution is -0.136. The zero-order chi connectivity index (χ0) is 20.5. The lowest BCUT2D eigenvalue weighted by atomic mass is 9.96. The number of piperazine rings is 1. The molecule has 2 aliphatic heterocycles. The molecule has 3 heterocycles. The molecule has 0 spiro atoms. The summed E-state index contributed by atoms with van der Waals surface area (Å²) in [5, 5.41) is 0.891. The average molecular weight is 425 g/mol. The standard InChI is InChI=1S/C23H25FN4OS/c24-18-8-9-20-21(15-18)30-23(25-20)28-10-4-5-17(16-28)22(29)27-13-11-26(12-14-27)19-6-2-1-3-7-19/h1-3,6-9,15,17H,4-5,10-14,16H2. The van der Waals surface area contributed by atoms with Crippen LogP contribution in [0.25, 0.3) is 10.2 Å². The molecule has 2 aromatic carbocycles. The van der Waals surface area contributed by atoms with Gasteiger partial charge in [-0.15, -0.1) is 0 Å². The molecule has 0 bridgehead atoms. The Morgan fingerprint density at radius 3 is 2.60 bits per heavy atom. The molecule has 1 atom stereocenters. The Morgan fingerprint density at radius 1 is 1.00 bits per heavy atom. The largest absolute Gasteiger partial charge is 0.368 e. The van der Waals surface area contributed by atoms with E-state index in [1.165, 1.54) is 29.2 Å². The molecule has 5 nitrogen and oxygen atoms in total. The van der Waals surface area contributed by atoms with Crippen molar-refractivity contribution in [1.82, 2.24) is 9.88 Å². The van der Waals surface area contributed by atoms with Gasteiger partial charge in [0.25, 0.3) is 0 Å². The summed E-state index contributed by atoms with van der Waals surface area (Å²) in [4.78, 5) is 24.5. The van der Waals surface area contributed by atoms with Crippen LogP contribution in [-0.2, 0) is 4.79 Å². The van der Waals surface area contributed by atoms with Gasteiger partial charge in [0.05, 0.1) is 16.1 Å². The maximum atomic E-state index is 13.5. The van der Waals surface area contributed by atoms with E-state index in [4.69, 9.17) is 0 Å². The average Bonchev–Trinajstić information content (AvgIpc) is 3.23. The molecule has 1 unspecified atom stereocenters. The molecule has 7 heteroatoms. The molecule has 3 aromatic rings. The number of carbonyl (C=O) groups is 1. The quantitative estimate of drug-likeness (QED) is 0.637. The van der Waals surface area contributed by atoms with Gasteiger partial charge in [0, 0.05) is 45.0 Å². The molecule has 1 amide bonds. The van der Waals surface area contributed by atoms with Crippen molar-refractivity contribution < 1.29 is 9.18 Å². The maximum Gasteiger partial charge on any atom is 0.227 e. The summed E-state index contributed by atoms with van der Waals surface area (Å²) in [7, 11) is 0. The van der Waals surface area contributed by atoms with Crippen LogP contribution in [0.4, 0.5) is 15.2 Å². The number of halogens is 1. The van der Waals surface area contributed by atoms with Crippen molar-refractivity contribution in [2.45, 2.75) is 12.8 Å². The molecule has 2 fully saturated rings. The van der Waals surface area contributed by atoms with Crippen LogP contribution in [0.3, 0.4) is 0 Å². The predicted molar refractivity (Wildman–Crippen MR) is 120 cm³/mol. The first-order valence-electron chi connectivity index (χ1n) is 10.6. The molecule has 0 aliphatic carbocycles. The number of para-hydroxylation sites is 1. The fraction of sp³-hybridized carbons (Fsp3) is 0.391. The molecule has 5 rings (SSSR count). The van der Waals surface area contributed by atoms with Crippen molar-refractivity contribution in [3.63, 3.8) is 0 Å². The van der Waals surface area contributed by atoms with E-state index in [-0.39, 0.29) is 17.6 Å². The molecule has 1 aromatic heterocycles. The Morgan fingerprint density at radius 2 is 1.80 bits per heavy atom. The van der Waals surface area contributed by atoms with E-state index in [1.807, 2.05) is 11.0 Å². The highest BCUT2D eigenvalue weighted by Crippen LogP contribution is 2.32. The Kier molecular flexibility index (Phi) is 5.29. The van der Waals surface area contributed by atoms with Crippen LogP contribution in [0.2, 0.25) is 0 Å². The summed E-state index contributed by atoms with van der Waals surface area (Å²) >= 11 is 1.51. The third-order valence-corrected chi connectivity index (χ3v) is 7.17. The second-order valence-electron chi connectivity index (χ2n) is 8.04. The van der Waals surface area contributed by atoms with E-state index in [1.54, 1.807) is 6.07 Å². The zero-order valence-electron chi connectivity index (χ0n) is 16.8. The van der Waals surface area contributed by atoms with Gasteiger partial charge < -0.3 is 14.7 Å². The monoisotopic (exact) mass is 424 g/mol. The van der Waals surface area contributed by atoms with E-state index in [0.29, 0.717) is 6.54 Å².